The summed E-state index contributed by atoms with van der Waals surface area (Å²) in [6.45, 7) is 6.35. The zero-order valence-electron chi connectivity index (χ0n) is 12.2. The lowest BCUT2D eigenvalue weighted by molar-refractivity contribution is 0.483. The highest BCUT2D eigenvalue weighted by molar-refractivity contribution is 7.85. The average molecular weight is 286 g/mol. The maximum Gasteiger partial charge on any atom is 0.294 e. The molecule has 0 aliphatic carbocycles. The minimum atomic E-state index is -4.02. The highest BCUT2D eigenvalue weighted by Crippen LogP contribution is 2.08. The van der Waals surface area contributed by atoms with Crippen molar-refractivity contribution in [2.45, 2.75) is 64.2 Å². The Balaban J connectivity index is 0.000000362. The van der Waals surface area contributed by atoms with Crippen LogP contribution < -0.4 is 0 Å². The lowest BCUT2D eigenvalue weighted by Crippen LogP contribution is -1.96. The predicted octanol–water partition coefficient (Wildman–Crippen LogP) is 4.61. The second kappa shape index (κ2) is 9.98. The second-order valence-electron chi connectivity index (χ2n) is 4.70. The number of benzene rings is 1. The SMILES string of the molecule is CCCCCCCC.Cc1ccc(S(=O)(=O)O)cc1. The molecule has 0 amide bonds. The molecule has 110 valence electrons. The molecule has 19 heavy (non-hydrogen) atoms. The van der Waals surface area contributed by atoms with Gasteiger partial charge in [0.15, 0.2) is 0 Å². The van der Waals surface area contributed by atoms with Crippen LogP contribution in [-0.4, -0.2) is 13.0 Å². The summed E-state index contributed by atoms with van der Waals surface area (Å²) in [5, 5.41) is 0. The van der Waals surface area contributed by atoms with Crippen molar-refractivity contribution in [2.75, 3.05) is 0 Å². The number of rotatable bonds is 6. The van der Waals surface area contributed by atoms with Crippen LogP contribution in [0.3, 0.4) is 0 Å². The van der Waals surface area contributed by atoms with E-state index in [1.54, 1.807) is 12.1 Å². The lowest BCUT2D eigenvalue weighted by atomic mass is 10.1. The fraction of sp³-hybridized carbons (Fsp3) is 0.600. The molecule has 0 fully saturated rings. The van der Waals surface area contributed by atoms with E-state index in [0.717, 1.165) is 5.56 Å². The topological polar surface area (TPSA) is 54.4 Å². The van der Waals surface area contributed by atoms with Crippen molar-refractivity contribution in [3.05, 3.63) is 29.8 Å². The molecule has 0 aromatic heterocycles. The van der Waals surface area contributed by atoms with Gasteiger partial charge in [-0.1, -0.05) is 70.1 Å². The molecule has 0 atom stereocenters. The Morgan fingerprint density at radius 1 is 0.895 bits per heavy atom. The van der Waals surface area contributed by atoms with E-state index >= 15 is 0 Å². The summed E-state index contributed by atoms with van der Waals surface area (Å²) in [6.07, 6.45) is 8.49. The van der Waals surface area contributed by atoms with E-state index in [-0.39, 0.29) is 4.90 Å². The van der Waals surface area contributed by atoms with Crippen LogP contribution in [0.1, 0.15) is 57.9 Å². The quantitative estimate of drug-likeness (QED) is 0.613. The average Bonchev–Trinajstić information content (AvgIpc) is 2.35. The van der Waals surface area contributed by atoms with Gasteiger partial charge in [0, 0.05) is 0 Å². The summed E-state index contributed by atoms with van der Waals surface area (Å²) in [5.74, 6) is 0. The first-order chi connectivity index (χ1) is 8.91. The summed E-state index contributed by atoms with van der Waals surface area (Å²) >= 11 is 0. The van der Waals surface area contributed by atoms with E-state index in [4.69, 9.17) is 4.55 Å². The Morgan fingerprint density at radius 2 is 1.32 bits per heavy atom. The standard InChI is InChI=1S/C8H18.C7H8O3S/c1-3-5-7-8-6-4-2;1-6-2-4-7(5-3-6)11(8,9)10/h3-8H2,1-2H3;2-5H,1H3,(H,8,9,10). The first kappa shape index (κ1) is 18.1. The van der Waals surface area contributed by atoms with Crippen molar-refractivity contribution in [3.63, 3.8) is 0 Å². The molecule has 1 aromatic carbocycles. The summed E-state index contributed by atoms with van der Waals surface area (Å²) in [6, 6.07) is 5.99. The Hall–Kier alpha value is -0.870. The van der Waals surface area contributed by atoms with Gasteiger partial charge in [-0.25, -0.2) is 0 Å². The molecule has 0 saturated heterocycles. The summed E-state index contributed by atoms with van der Waals surface area (Å²) < 4.78 is 29.6. The Morgan fingerprint density at radius 3 is 1.63 bits per heavy atom. The molecule has 0 spiro atoms. The third-order valence-corrected chi connectivity index (χ3v) is 3.64. The number of hydrogen-bond donors (Lipinski definition) is 1. The van der Waals surface area contributed by atoms with Gasteiger partial charge >= 0.3 is 0 Å². The molecular weight excluding hydrogens is 260 g/mol. The molecule has 0 radical (unpaired) electrons. The summed E-state index contributed by atoms with van der Waals surface area (Å²) in [7, 11) is -4.02. The molecule has 0 bridgehead atoms. The second-order valence-corrected chi connectivity index (χ2v) is 6.12. The molecule has 0 aliphatic rings. The van der Waals surface area contributed by atoms with Gasteiger partial charge < -0.3 is 0 Å². The van der Waals surface area contributed by atoms with Crippen molar-refractivity contribution < 1.29 is 13.0 Å². The molecule has 3 nitrogen and oxygen atoms in total. The molecule has 4 heteroatoms. The fourth-order valence-electron chi connectivity index (χ4n) is 1.56. The third-order valence-electron chi connectivity index (χ3n) is 2.78. The molecule has 0 heterocycles. The zero-order valence-corrected chi connectivity index (χ0v) is 13.0. The van der Waals surface area contributed by atoms with E-state index < -0.39 is 10.1 Å². The Kier molecular flexibility index (Phi) is 9.53. The smallest absolute Gasteiger partial charge is 0.282 e. The van der Waals surface area contributed by atoms with Crippen LogP contribution in [0.15, 0.2) is 29.2 Å². The molecule has 1 rings (SSSR count). The van der Waals surface area contributed by atoms with Crippen molar-refractivity contribution in [2.24, 2.45) is 0 Å². The maximum atomic E-state index is 10.5. The van der Waals surface area contributed by atoms with Crippen LogP contribution in [0.25, 0.3) is 0 Å². The van der Waals surface area contributed by atoms with Crippen LogP contribution in [0.2, 0.25) is 0 Å². The minimum absolute atomic E-state index is 0.0666. The van der Waals surface area contributed by atoms with Crippen molar-refractivity contribution >= 4 is 10.1 Å². The van der Waals surface area contributed by atoms with E-state index in [2.05, 4.69) is 13.8 Å². The molecular formula is C15H26O3S. The summed E-state index contributed by atoms with van der Waals surface area (Å²) in [4.78, 5) is -0.0666. The van der Waals surface area contributed by atoms with Gasteiger partial charge in [-0.05, 0) is 19.1 Å². The van der Waals surface area contributed by atoms with Gasteiger partial charge in [0.2, 0.25) is 0 Å². The van der Waals surface area contributed by atoms with Crippen LogP contribution in [0, 0.1) is 6.92 Å². The van der Waals surface area contributed by atoms with Crippen molar-refractivity contribution in [3.8, 4) is 0 Å². The van der Waals surface area contributed by atoms with E-state index in [1.165, 1.54) is 50.7 Å². The highest BCUT2D eigenvalue weighted by Gasteiger charge is 2.06. The van der Waals surface area contributed by atoms with E-state index in [1.807, 2.05) is 6.92 Å². The maximum absolute atomic E-state index is 10.5. The van der Waals surface area contributed by atoms with Crippen LogP contribution in [0.5, 0.6) is 0 Å². The predicted molar refractivity (Wildman–Crippen MR) is 80.0 cm³/mol. The van der Waals surface area contributed by atoms with Crippen molar-refractivity contribution in [1.29, 1.82) is 0 Å². The fourth-order valence-corrected chi connectivity index (χ4v) is 2.04. The molecule has 0 saturated carbocycles. The normalized spacial score (nSPS) is 10.7. The van der Waals surface area contributed by atoms with E-state index in [0.29, 0.717) is 0 Å². The molecule has 0 unspecified atom stereocenters. The monoisotopic (exact) mass is 286 g/mol. The molecule has 1 aromatic rings. The molecule has 0 aliphatic heterocycles. The van der Waals surface area contributed by atoms with Gasteiger partial charge in [-0.2, -0.15) is 8.42 Å². The first-order valence-electron chi connectivity index (χ1n) is 6.96. The van der Waals surface area contributed by atoms with Gasteiger partial charge in [0.1, 0.15) is 0 Å². The number of hydrogen-bond acceptors (Lipinski definition) is 2. The Labute approximate surface area is 117 Å². The zero-order chi connectivity index (χ0) is 14.7. The first-order valence-corrected chi connectivity index (χ1v) is 8.40. The van der Waals surface area contributed by atoms with Crippen LogP contribution >= 0.6 is 0 Å². The van der Waals surface area contributed by atoms with Crippen molar-refractivity contribution in [1.82, 2.24) is 0 Å². The van der Waals surface area contributed by atoms with Gasteiger partial charge in [-0.3, -0.25) is 4.55 Å². The van der Waals surface area contributed by atoms with Crippen LogP contribution in [0.4, 0.5) is 0 Å². The number of unbranched alkanes of at least 4 members (excludes halogenated alkanes) is 5. The highest BCUT2D eigenvalue weighted by atomic mass is 32.2. The largest absolute Gasteiger partial charge is 0.294 e. The van der Waals surface area contributed by atoms with Gasteiger partial charge in [-0.15, -0.1) is 0 Å². The van der Waals surface area contributed by atoms with Gasteiger partial charge in [0.25, 0.3) is 10.1 Å². The summed E-state index contributed by atoms with van der Waals surface area (Å²) in [5.41, 5.74) is 0.956. The molecule has 1 N–H and O–H groups in total. The van der Waals surface area contributed by atoms with Crippen LogP contribution in [-0.2, 0) is 10.1 Å². The van der Waals surface area contributed by atoms with E-state index in [9.17, 15) is 8.42 Å². The third kappa shape index (κ3) is 9.68. The van der Waals surface area contributed by atoms with Gasteiger partial charge in [0.05, 0.1) is 4.90 Å². The Bertz CT molecular complexity index is 415. The minimum Gasteiger partial charge on any atom is -0.282 e. The number of aryl methyl sites for hydroxylation is 1. The lowest BCUT2D eigenvalue weighted by Gasteiger charge is -1.95.